The van der Waals surface area contributed by atoms with Crippen LogP contribution in [0.25, 0.3) is 10.4 Å². The number of carbonyl (C=O) groups is 2. The monoisotopic (exact) mass is 544 g/mol. The zero-order valence-electron chi connectivity index (χ0n) is 21.7. The summed E-state index contributed by atoms with van der Waals surface area (Å²) in [5.41, 5.74) is 8.67. The van der Waals surface area contributed by atoms with Crippen LogP contribution in [0.1, 0.15) is 18.9 Å². The lowest BCUT2D eigenvalue weighted by Gasteiger charge is -2.09. The summed E-state index contributed by atoms with van der Waals surface area (Å²) in [5, 5.41) is 5.91. The Morgan fingerprint density at radius 3 is 1.82 bits per heavy atom. The Bertz CT molecular complexity index is 841. The number of nitrogens with zero attached hydrogens (tertiary/aromatic N) is 3. The molecule has 0 fully saturated rings. The summed E-state index contributed by atoms with van der Waals surface area (Å²) < 4.78 is 51.0. The Morgan fingerprint density at radius 2 is 1.34 bits per heavy atom. The number of carbonyl (C=O) groups excluding carboxylic acids is 2. The number of rotatable bonds is 24. The van der Waals surface area contributed by atoms with Gasteiger partial charge in [0.1, 0.15) is 0 Å². The Kier molecular flexibility index (Phi) is 20.3. The van der Waals surface area contributed by atoms with Crippen LogP contribution in [0, 0.1) is 5.82 Å². The van der Waals surface area contributed by atoms with Gasteiger partial charge in [0.25, 0.3) is 0 Å². The van der Waals surface area contributed by atoms with E-state index in [2.05, 4.69) is 15.3 Å². The Morgan fingerprint density at radius 1 is 0.842 bits per heavy atom. The van der Waals surface area contributed by atoms with Crippen molar-refractivity contribution in [2.24, 2.45) is 5.11 Å². The predicted molar refractivity (Wildman–Crippen MR) is 133 cm³/mol. The van der Waals surface area contributed by atoms with E-state index < -0.39 is 11.8 Å². The molecule has 214 valence electrons. The Hall–Kier alpha value is -2.84. The molecule has 1 N–H and O–H groups in total. The van der Waals surface area contributed by atoms with Gasteiger partial charge in [-0.05, 0) is 23.2 Å². The van der Waals surface area contributed by atoms with Crippen molar-refractivity contribution in [3.8, 4) is 5.75 Å². The van der Waals surface area contributed by atoms with Crippen molar-refractivity contribution in [1.82, 2.24) is 5.32 Å². The molecule has 1 amide bonds. The average Bonchev–Trinajstić information content (AvgIpc) is 2.89. The Labute approximate surface area is 221 Å². The number of halogens is 1. The molecule has 13 nitrogen and oxygen atoms in total. The van der Waals surface area contributed by atoms with Crippen LogP contribution in [-0.2, 0) is 44.6 Å². The molecular formula is C24H37FN4O9. The maximum atomic E-state index is 14.0. The zero-order chi connectivity index (χ0) is 27.7. The standard InChI is InChI=1S/C24H37FN4O9/c1-20(30)27-19-21-2-3-23(22(25)18-21)38-24(31)4-6-32-8-10-34-12-14-36-16-17-37-15-13-35-11-9-33-7-5-28-29-26/h2-3,18H,4-17,19H2,1H3,(H,27,30). The van der Waals surface area contributed by atoms with E-state index in [-0.39, 0.29) is 31.2 Å². The molecular weight excluding hydrogens is 507 g/mol. The second-order valence-corrected chi connectivity index (χ2v) is 7.53. The molecule has 1 aromatic carbocycles. The molecule has 14 heteroatoms. The SMILES string of the molecule is CC(=O)NCc1ccc(OC(=O)CCOCCOCCOCCOCCOCCOCCN=[N+]=[N-])c(F)c1. The number of ether oxygens (including phenoxy) is 7. The van der Waals surface area contributed by atoms with Crippen molar-refractivity contribution in [3.63, 3.8) is 0 Å². The smallest absolute Gasteiger partial charge is 0.313 e. The van der Waals surface area contributed by atoms with Crippen LogP contribution in [0.2, 0.25) is 0 Å². The largest absolute Gasteiger partial charge is 0.423 e. The molecule has 0 aliphatic rings. The number of hydrogen-bond donors (Lipinski definition) is 1. The first-order valence-electron chi connectivity index (χ1n) is 12.2. The van der Waals surface area contributed by atoms with E-state index in [0.29, 0.717) is 84.8 Å². The first kappa shape index (κ1) is 33.2. The fraction of sp³-hybridized carbons (Fsp3) is 0.667. The summed E-state index contributed by atoms with van der Waals surface area (Å²) in [6.07, 6.45) is -0.0338. The third kappa shape index (κ3) is 19.3. The summed E-state index contributed by atoms with van der Waals surface area (Å²) in [4.78, 5) is 25.4. The van der Waals surface area contributed by atoms with E-state index in [1.807, 2.05) is 0 Å². The number of nitrogens with one attached hydrogen (secondary N) is 1. The minimum atomic E-state index is -0.684. The number of hydrogen-bond acceptors (Lipinski definition) is 10. The van der Waals surface area contributed by atoms with Gasteiger partial charge in [0.05, 0.1) is 85.7 Å². The van der Waals surface area contributed by atoms with Gasteiger partial charge in [0.2, 0.25) is 5.91 Å². The lowest BCUT2D eigenvalue weighted by atomic mass is 10.2. The molecule has 0 saturated heterocycles. The van der Waals surface area contributed by atoms with E-state index in [4.69, 9.17) is 38.7 Å². The second-order valence-electron chi connectivity index (χ2n) is 7.53. The highest BCUT2D eigenvalue weighted by Gasteiger charge is 2.10. The molecule has 0 aliphatic heterocycles. The molecule has 1 aromatic rings. The second kappa shape index (κ2) is 23.3. The Balaban J connectivity index is 1.86. The van der Waals surface area contributed by atoms with Gasteiger partial charge in [-0.2, -0.15) is 0 Å². The van der Waals surface area contributed by atoms with Gasteiger partial charge >= 0.3 is 5.97 Å². The van der Waals surface area contributed by atoms with Crippen molar-refractivity contribution >= 4 is 11.9 Å². The van der Waals surface area contributed by atoms with Gasteiger partial charge in [-0.1, -0.05) is 11.2 Å². The van der Waals surface area contributed by atoms with Gasteiger partial charge < -0.3 is 38.5 Å². The number of amides is 1. The quantitative estimate of drug-likeness (QED) is 0.0514. The minimum Gasteiger partial charge on any atom is -0.423 e. The number of esters is 1. The van der Waals surface area contributed by atoms with Crippen molar-refractivity contribution in [1.29, 1.82) is 0 Å². The fourth-order valence-corrected chi connectivity index (χ4v) is 2.64. The average molecular weight is 545 g/mol. The third-order valence-corrected chi connectivity index (χ3v) is 4.47. The molecule has 0 bridgehead atoms. The van der Waals surface area contributed by atoms with Crippen molar-refractivity contribution in [3.05, 3.63) is 40.0 Å². The van der Waals surface area contributed by atoms with Crippen LogP contribution in [0.4, 0.5) is 4.39 Å². The molecule has 0 spiro atoms. The lowest BCUT2D eigenvalue weighted by Crippen LogP contribution is -2.19. The van der Waals surface area contributed by atoms with Gasteiger partial charge in [-0.25, -0.2) is 4.39 Å². The molecule has 1 rings (SSSR count). The zero-order valence-corrected chi connectivity index (χ0v) is 21.7. The first-order chi connectivity index (χ1) is 18.5. The molecule has 0 atom stereocenters. The van der Waals surface area contributed by atoms with E-state index in [0.717, 1.165) is 0 Å². The molecule has 0 unspecified atom stereocenters. The van der Waals surface area contributed by atoms with Crippen LogP contribution < -0.4 is 10.1 Å². The van der Waals surface area contributed by atoms with Gasteiger partial charge in [0.15, 0.2) is 11.6 Å². The highest BCUT2D eigenvalue weighted by molar-refractivity contribution is 5.73. The highest BCUT2D eigenvalue weighted by atomic mass is 19.1. The van der Waals surface area contributed by atoms with Gasteiger partial charge in [0, 0.05) is 24.9 Å². The maximum absolute atomic E-state index is 14.0. The summed E-state index contributed by atoms with van der Waals surface area (Å²) >= 11 is 0. The molecule has 0 aromatic heterocycles. The van der Waals surface area contributed by atoms with Crippen molar-refractivity contribution in [2.45, 2.75) is 19.9 Å². The van der Waals surface area contributed by atoms with E-state index in [9.17, 15) is 14.0 Å². The summed E-state index contributed by atoms with van der Waals surface area (Å²) in [5.74, 6) is -1.70. The molecule has 0 aliphatic carbocycles. The van der Waals surface area contributed by atoms with Crippen LogP contribution in [0.15, 0.2) is 23.3 Å². The van der Waals surface area contributed by atoms with Crippen molar-refractivity contribution < 1.29 is 47.1 Å². The number of azide groups is 1. The van der Waals surface area contributed by atoms with Gasteiger partial charge in [-0.3, -0.25) is 9.59 Å². The summed E-state index contributed by atoms with van der Waals surface area (Å²) in [6.45, 7) is 6.44. The fourth-order valence-electron chi connectivity index (χ4n) is 2.64. The highest BCUT2D eigenvalue weighted by Crippen LogP contribution is 2.19. The summed E-state index contributed by atoms with van der Waals surface area (Å²) in [7, 11) is 0. The van der Waals surface area contributed by atoms with Crippen molar-refractivity contribution in [2.75, 3.05) is 85.8 Å². The molecule has 0 saturated carbocycles. The van der Waals surface area contributed by atoms with Crippen LogP contribution >= 0.6 is 0 Å². The first-order valence-corrected chi connectivity index (χ1v) is 12.2. The van der Waals surface area contributed by atoms with E-state index >= 15 is 0 Å². The van der Waals surface area contributed by atoms with E-state index in [1.54, 1.807) is 6.07 Å². The van der Waals surface area contributed by atoms with E-state index in [1.165, 1.54) is 19.1 Å². The number of benzene rings is 1. The molecule has 0 heterocycles. The van der Waals surface area contributed by atoms with Gasteiger partial charge in [-0.15, -0.1) is 0 Å². The normalized spacial score (nSPS) is 10.7. The third-order valence-electron chi connectivity index (χ3n) is 4.47. The van der Waals surface area contributed by atoms with Crippen LogP contribution in [0.3, 0.4) is 0 Å². The molecule has 0 radical (unpaired) electrons. The van der Waals surface area contributed by atoms with Crippen LogP contribution in [0.5, 0.6) is 5.75 Å². The predicted octanol–water partition coefficient (Wildman–Crippen LogP) is 2.17. The molecule has 38 heavy (non-hydrogen) atoms. The lowest BCUT2D eigenvalue weighted by molar-refractivity contribution is -0.136. The topological polar surface area (TPSA) is 160 Å². The minimum absolute atomic E-state index is 0.0338. The maximum Gasteiger partial charge on any atom is 0.313 e. The van der Waals surface area contributed by atoms with Crippen LogP contribution in [-0.4, -0.2) is 97.7 Å². The summed E-state index contributed by atoms with van der Waals surface area (Å²) in [6, 6.07) is 4.12.